The molecule has 0 spiro atoms. The molecule has 2 nitrogen and oxygen atoms in total. The van der Waals surface area contributed by atoms with Gasteiger partial charge in [0.15, 0.2) is 0 Å². The molecule has 0 saturated carbocycles. The van der Waals surface area contributed by atoms with Gasteiger partial charge in [0.2, 0.25) is 0 Å². The molecule has 0 aliphatic rings. The number of hydrogen-bond acceptors (Lipinski definition) is 1. The minimum atomic E-state index is -0.840. The summed E-state index contributed by atoms with van der Waals surface area (Å²) in [5, 5.41) is 6.57. The molecule has 0 saturated heterocycles. The number of rotatable bonds is 5. The van der Waals surface area contributed by atoms with Crippen LogP contribution in [0.4, 0.5) is 5.69 Å². The molecule has 4 aromatic rings. The molecule has 4 aromatic carbocycles. The van der Waals surface area contributed by atoms with E-state index in [0.717, 1.165) is 11.0 Å². The van der Waals surface area contributed by atoms with E-state index in [9.17, 15) is 4.79 Å². The molecule has 0 radical (unpaired) electrons. The minimum absolute atomic E-state index is 0.0798. The number of amides is 1. The molecular weight excluding hydrogens is 373 g/mol. The van der Waals surface area contributed by atoms with Crippen molar-refractivity contribution in [2.75, 3.05) is 5.32 Å². The maximum Gasteiger partial charge on any atom is 0.256 e. The van der Waals surface area contributed by atoms with E-state index < -0.39 is 7.92 Å². The molecule has 29 heavy (non-hydrogen) atoms. The summed E-state index contributed by atoms with van der Waals surface area (Å²) in [6, 6.07) is 36.7. The molecule has 0 fully saturated rings. The molecule has 0 heterocycles. The van der Waals surface area contributed by atoms with Crippen LogP contribution in [0.15, 0.2) is 109 Å². The summed E-state index contributed by atoms with van der Waals surface area (Å²) in [4.78, 5) is 13.2. The molecule has 1 amide bonds. The van der Waals surface area contributed by atoms with Crippen LogP contribution in [-0.4, -0.2) is 5.91 Å². The summed E-state index contributed by atoms with van der Waals surface area (Å²) in [6.45, 7) is 2.04. The largest absolute Gasteiger partial charge is 0.322 e. The molecular formula is C26H22NOP. The first-order chi connectivity index (χ1) is 14.2. The maximum absolute atomic E-state index is 13.2. The van der Waals surface area contributed by atoms with Gasteiger partial charge < -0.3 is 5.32 Å². The van der Waals surface area contributed by atoms with Gasteiger partial charge in [-0.2, -0.15) is 0 Å². The topological polar surface area (TPSA) is 29.1 Å². The zero-order valence-corrected chi connectivity index (χ0v) is 17.1. The van der Waals surface area contributed by atoms with Crippen LogP contribution in [0.3, 0.4) is 0 Å². The number of anilines is 1. The van der Waals surface area contributed by atoms with Gasteiger partial charge in [0.1, 0.15) is 0 Å². The third-order valence-electron chi connectivity index (χ3n) is 4.73. The summed E-state index contributed by atoms with van der Waals surface area (Å²) in [5.74, 6) is -0.0798. The normalized spacial score (nSPS) is 10.7. The van der Waals surface area contributed by atoms with E-state index in [4.69, 9.17) is 0 Å². The van der Waals surface area contributed by atoms with Gasteiger partial charge in [0, 0.05) is 11.3 Å². The fourth-order valence-electron chi connectivity index (χ4n) is 3.28. The first kappa shape index (κ1) is 19.1. The van der Waals surface area contributed by atoms with Crippen LogP contribution in [0.1, 0.15) is 15.9 Å². The van der Waals surface area contributed by atoms with Gasteiger partial charge in [-0.1, -0.05) is 96.6 Å². The van der Waals surface area contributed by atoms with Crippen molar-refractivity contribution in [2.45, 2.75) is 6.92 Å². The number of benzene rings is 4. The first-order valence-electron chi connectivity index (χ1n) is 9.60. The zero-order chi connectivity index (χ0) is 20.1. The predicted molar refractivity (Wildman–Crippen MR) is 124 cm³/mol. The SMILES string of the molecule is Cc1ccc(NC(=O)c2ccccc2P(c2ccccc2)c2ccccc2)cc1. The Morgan fingerprint density at radius 2 is 1.17 bits per heavy atom. The fourth-order valence-corrected chi connectivity index (χ4v) is 5.72. The lowest BCUT2D eigenvalue weighted by Gasteiger charge is -2.22. The van der Waals surface area contributed by atoms with Gasteiger partial charge in [-0.3, -0.25) is 4.79 Å². The average Bonchev–Trinajstić information content (AvgIpc) is 2.77. The molecule has 0 aliphatic carbocycles. The molecule has 0 aromatic heterocycles. The second-order valence-electron chi connectivity index (χ2n) is 6.84. The van der Waals surface area contributed by atoms with Gasteiger partial charge in [0.25, 0.3) is 5.91 Å². The van der Waals surface area contributed by atoms with E-state index in [1.807, 2.05) is 61.5 Å². The highest BCUT2D eigenvalue weighted by Crippen LogP contribution is 2.34. The Kier molecular flexibility index (Phi) is 5.84. The number of hydrogen-bond donors (Lipinski definition) is 1. The molecule has 4 rings (SSSR count). The number of nitrogens with one attached hydrogen (secondary N) is 1. The number of carbonyl (C=O) groups excluding carboxylic acids is 1. The van der Waals surface area contributed by atoms with Crippen molar-refractivity contribution < 1.29 is 4.79 Å². The zero-order valence-electron chi connectivity index (χ0n) is 16.2. The Morgan fingerprint density at radius 3 is 1.76 bits per heavy atom. The van der Waals surface area contributed by atoms with Gasteiger partial charge in [0.05, 0.1) is 0 Å². The predicted octanol–water partition coefficient (Wildman–Crippen LogP) is 5.01. The smallest absolute Gasteiger partial charge is 0.256 e. The van der Waals surface area contributed by atoms with E-state index in [0.29, 0.717) is 5.56 Å². The summed E-state index contributed by atoms with van der Waals surface area (Å²) >= 11 is 0. The summed E-state index contributed by atoms with van der Waals surface area (Å²) in [5.41, 5.74) is 2.69. The standard InChI is InChI=1S/C26H22NOP/c1-20-16-18-21(19-17-20)27-26(28)24-14-8-9-15-25(24)29(22-10-4-2-5-11-22)23-12-6-3-7-13-23/h2-19H,1H3,(H,27,28). The highest BCUT2D eigenvalue weighted by atomic mass is 31.1. The van der Waals surface area contributed by atoms with E-state index in [2.05, 4.69) is 59.9 Å². The van der Waals surface area contributed by atoms with Crippen molar-refractivity contribution in [1.82, 2.24) is 0 Å². The van der Waals surface area contributed by atoms with Crippen molar-refractivity contribution in [3.63, 3.8) is 0 Å². The van der Waals surface area contributed by atoms with E-state index in [1.165, 1.54) is 16.2 Å². The monoisotopic (exact) mass is 395 g/mol. The molecule has 0 atom stereocenters. The number of aryl methyl sites for hydroxylation is 1. The van der Waals surface area contributed by atoms with Gasteiger partial charge in [-0.25, -0.2) is 0 Å². The molecule has 0 aliphatic heterocycles. The van der Waals surface area contributed by atoms with Crippen LogP contribution in [0.2, 0.25) is 0 Å². The second kappa shape index (κ2) is 8.86. The lowest BCUT2D eigenvalue weighted by atomic mass is 10.2. The van der Waals surface area contributed by atoms with Crippen molar-refractivity contribution in [1.29, 1.82) is 0 Å². The Hall–Kier alpha value is -3.22. The Balaban J connectivity index is 1.76. The highest BCUT2D eigenvalue weighted by Gasteiger charge is 2.22. The molecule has 0 unspecified atom stereocenters. The van der Waals surface area contributed by atoms with Crippen LogP contribution in [0, 0.1) is 6.92 Å². The van der Waals surface area contributed by atoms with Crippen LogP contribution < -0.4 is 21.2 Å². The van der Waals surface area contributed by atoms with Crippen molar-refractivity contribution >= 4 is 35.4 Å². The first-order valence-corrected chi connectivity index (χ1v) is 10.9. The van der Waals surface area contributed by atoms with Gasteiger partial charge in [-0.15, -0.1) is 0 Å². The quantitative estimate of drug-likeness (QED) is 0.473. The summed E-state index contributed by atoms with van der Waals surface area (Å²) < 4.78 is 0. The molecule has 0 bridgehead atoms. The van der Waals surface area contributed by atoms with Crippen molar-refractivity contribution in [3.8, 4) is 0 Å². The van der Waals surface area contributed by atoms with Crippen LogP contribution >= 0.6 is 7.92 Å². The van der Waals surface area contributed by atoms with E-state index >= 15 is 0 Å². The average molecular weight is 395 g/mol. The van der Waals surface area contributed by atoms with E-state index in [-0.39, 0.29) is 5.91 Å². The van der Waals surface area contributed by atoms with Gasteiger partial charge >= 0.3 is 0 Å². The van der Waals surface area contributed by atoms with E-state index in [1.54, 1.807) is 0 Å². The summed E-state index contributed by atoms with van der Waals surface area (Å²) in [7, 11) is -0.840. The maximum atomic E-state index is 13.2. The molecule has 142 valence electrons. The second-order valence-corrected chi connectivity index (χ2v) is 9.03. The molecule has 3 heteroatoms. The Bertz CT molecular complexity index is 1050. The minimum Gasteiger partial charge on any atom is -0.322 e. The Labute approximate surface area is 173 Å². The Morgan fingerprint density at radius 1 is 0.655 bits per heavy atom. The fraction of sp³-hybridized carbons (Fsp3) is 0.0385. The third-order valence-corrected chi connectivity index (χ3v) is 7.23. The number of carbonyl (C=O) groups is 1. The van der Waals surface area contributed by atoms with Crippen molar-refractivity contribution in [3.05, 3.63) is 120 Å². The van der Waals surface area contributed by atoms with Crippen LogP contribution in [-0.2, 0) is 0 Å². The van der Waals surface area contributed by atoms with Crippen LogP contribution in [0.5, 0.6) is 0 Å². The van der Waals surface area contributed by atoms with Gasteiger partial charge in [-0.05, 0) is 49.0 Å². The third kappa shape index (κ3) is 4.45. The lowest BCUT2D eigenvalue weighted by Crippen LogP contribution is -2.27. The lowest BCUT2D eigenvalue weighted by molar-refractivity contribution is 0.102. The highest BCUT2D eigenvalue weighted by molar-refractivity contribution is 7.80. The molecule has 1 N–H and O–H groups in total. The summed E-state index contributed by atoms with van der Waals surface area (Å²) in [6.07, 6.45) is 0. The van der Waals surface area contributed by atoms with Crippen molar-refractivity contribution in [2.24, 2.45) is 0 Å². The van der Waals surface area contributed by atoms with Crippen LogP contribution in [0.25, 0.3) is 0 Å².